The zero-order valence-corrected chi connectivity index (χ0v) is 12.2. The van der Waals surface area contributed by atoms with Crippen molar-refractivity contribution in [1.82, 2.24) is 10.2 Å². The highest BCUT2D eigenvalue weighted by Crippen LogP contribution is 2.16. The molecule has 0 radical (unpaired) electrons. The molecule has 0 aromatic carbocycles. The maximum atomic E-state index is 3.58. The molecule has 0 aromatic heterocycles. The Balaban J connectivity index is 2.11. The molecule has 1 saturated heterocycles. The van der Waals surface area contributed by atoms with Crippen LogP contribution in [0.4, 0.5) is 0 Å². The smallest absolute Gasteiger partial charge is 0.00669 e. The van der Waals surface area contributed by atoms with Crippen LogP contribution in [0, 0.1) is 0 Å². The molecule has 1 fully saturated rings. The Morgan fingerprint density at radius 1 is 1.29 bits per heavy atom. The molecule has 1 heterocycles. The fraction of sp³-hybridized carbons (Fsp3) is 1.00. The maximum absolute atomic E-state index is 3.58. The van der Waals surface area contributed by atoms with Gasteiger partial charge in [0.25, 0.3) is 0 Å². The fourth-order valence-corrected chi connectivity index (χ4v) is 2.76. The van der Waals surface area contributed by atoms with Crippen molar-refractivity contribution in [2.75, 3.05) is 19.6 Å². The predicted octanol–water partition coefficient (Wildman–Crippen LogP) is 3.42. The van der Waals surface area contributed by atoms with Crippen molar-refractivity contribution in [3.05, 3.63) is 0 Å². The van der Waals surface area contributed by atoms with Gasteiger partial charge in [-0.25, -0.2) is 0 Å². The second-order valence-corrected chi connectivity index (χ2v) is 5.73. The van der Waals surface area contributed by atoms with Crippen LogP contribution in [0.3, 0.4) is 0 Å². The summed E-state index contributed by atoms with van der Waals surface area (Å²) >= 11 is 0. The number of hydrogen-bond donors (Lipinski definition) is 1. The van der Waals surface area contributed by atoms with Crippen molar-refractivity contribution >= 4 is 0 Å². The van der Waals surface area contributed by atoms with Gasteiger partial charge in [0, 0.05) is 12.1 Å². The quantitative estimate of drug-likeness (QED) is 0.733. The van der Waals surface area contributed by atoms with Gasteiger partial charge in [-0.2, -0.15) is 0 Å². The van der Waals surface area contributed by atoms with E-state index in [0.717, 1.165) is 6.04 Å². The SMILES string of the molecule is CCCNC(C)CCCN1CCCCCC1C. The van der Waals surface area contributed by atoms with Crippen molar-refractivity contribution < 1.29 is 0 Å². The number of rotatable bonds is 7. The molecule has 1 aliphatic heterocycles. The van der Waals surface area contributed by atoms with Gasteiger partial charge in [-0.05, 0) is 65.6 Å². The van der Waals surface area contributed by atoms with Crippen LogP contribution in [0.2, 0.25) is 0 Å². The van der Waals surface area contributed by atoms with Crippen LogP contribution in [0.5, 0.6) is 0 Å². The van der Waals surface area contributed by atoms with Gasteiger partial charge >= 0.3 is 0 Å². The highest BCUT2D eigenvalue weighted by molar-refractivity contribution is 4.72. The Bertz CT molecular complexity index is 182. The minimum absolute atomic E-state index is 0.692. The summed E-state index contributed by atoms with van der Waals surface area (Å²) in [5.41, 5.74) is 0. The van der Waals surface area contributed by atoms with Crippen LogP contribution in [0.1, 0.15) is 65.7 Å². The van der Waals surface area contributed by atoms with E-state index in [4.69, 9.17) is 0 Å². The van der Waals surface area contributed by atoms with Crippen LogP contribution in [0.25, 0.3) is 0 Å². The lowest BCUT2D eigenvalue weighted by atomic mass is 10.1. The first-order valence-electron chi connectivity index (χ1n) is 7.71. The van der Waals surface area contributed by atoms with Crippen molar-refractivity contribution in [1.29, 1.82) is 0 Å². The molecule has 0 spiro atoms. The third-order valence-electron chi connectivity index (χ3n) is 4.02. The molecule has 0 aliphatic carbocycles. The van der Waals surface area contributed by atoms with E-state index in [9.17, 15) is 0 Å². The zero-order chi connectivity index (χ0) is 12.5. The molecule has 2 atom stereocenters. The molecule has 1 N–H and O–H groups in total. The van der Waals surface area contributed by atoms with Crippen molar-refractivity contribution in [2.45, 2.75) is 77.8 Å². The van der Waals surface area contributed by atoms with Gasteiger partial charge in [-0.15, -0.1) is 0 Å². The van der Waals surface area contributed by atoms with Crippen LogP contribution >= 0.6 is 0 Å². The lowest BCUT2D eigenvalue weighted by Crippen LogP contribution is -2.34. The van der Waals surface area contributed by atoms with Gasteiger partial charge in [0.1, 0.15) is 0 Å². The largest absolute Gasteiger partial charge is 0.314 e. The van der Waals surface area contributed by atoms with Gasteiger partial charge in [-0.1, -0.05) is 19.8 Å². The summed E-state index contributed by atoms with van der Waals surface area (Å²) in [4.78, 5) is 2.71. The summed E-state index contributed by atoms with van der Waals surface area (Å²) in [6.07, 6.45) is 9.61. The third-order valence-corrected chi connectivity index (χ3v) is 4.02. The van der Waals surface area contributed by atoms with Crippen molar-refractivity contribution in [2.24, 2.45) is 0 Å². The average molecular weight is 240 g/mol. The Morgan fingerprint density at radius 2 is 2.12 bits per heavy atom. The van der Waals surface area contributed by atoms with Gasteiger partial charge in [0.2, 0.25) is 0 Å². The molecule has 102 valence electrons. The van der Waals surface area contributed by atoms with E-state index in [2.05, 4.69) is 31.0 Å². The van der Waals surface area contributed by atoms with E-state index in [1.165, 1.54) is 64.6 Å². The van der Waals surface area contributed by atoms with Gasteiger partial charge < -0.3 is 10.2 Å². The van der Waals surface area contributed by atoms with E-state index in [-0.39, 0.29) is 0 Å². The highest BCUT2D eigenvalue weighted by atomic mass is 15.1. The van der Waals surface area contributed by atoms with Gasteiger partial charge in [0.15, 0.2) is 0 Å². The monoisotopic (exact) mass is 240 g/mol. The molecule has 2 unspecified atom stereocenters. The normalized spacial score (nSPS) is 24.5. The van der Waals surface area contributed by atoms with Crippen LogP contribution in [0.15, 0.2) is 0 Å². The first-order chi connectivity index (χ1) is 8.24. The standard InChI is InChI=1S/C15H32N2/c1-4-11-16-14(2)9-8-13-17-12-7-5-6-10-15(17)3/h14-16H,4-13H2,1-3H3. The van der Waals surface area contributed by atoms with Crippen molar-refractivity contribution in [3.8, 4) is 0 Å². The van der Waals surface area contributed by atoms with Gasteiger partial charge in [-0.3, -0.25) is 0 Å². The molecular weight excluding hydrogens is 208 g/mol. The number of nitrogens with zero attached hydrogens (tertiary/aromatic N) is 1. The van der Waals surface area contributed by atoms with E-state index < -0.39 is 0 Å². The number of hydrogen-bond acceptors (Lipinski definition) is 2. The second kappa shape index (κ2) is 8.93. The topological polar surface area (TPSA) is 15.3 Å². The molecule has 2 nitrogen and oxygen atoms in total. The van der Waals surface area contributed by atoms with Crippen LogP contribution in [-0.4, -0.2) is 36.6 Å². The van der Waals surface area contributed by atoms with Crippen molar-refractivity contribution in [3.63, 3.8) is 0 Å². The fourth-order valence-electron chi connectivity index (χ4n) is 2.76. The number of nitrogens with one attached hydrogen (secondary N) is 1. The zero-order valence-electron chi connectivity index (χ0n) is 12.2. The lowest BCUT2D eigenvalue weighted by molar-refractivity contribution is 0.207. The number of likely N-dealkylation sites (tertiary alicyclic amines) is 1. The van der Waals surface area contributed by atoms with E-state index >= 15 is 0 Å². The third kappa shape index (κ3) is 6.42. The van der Waals surface area contributed by atoms with Crippen LogP contribution in [-0.2, 0) is 0 Å². The minimum atomic E-state index is 0.692. The van der Waals surface area contributed by atoms with E-state index in [0.29, 0.717) is 6.04 Å². The highest BCUT2D eigenvalue weighted by Gasteiger charge is 2.16. The molecule has 0 saturated carbocycles. The Morgan fingerprint density at radius 3 is 2.88 bits per heavy atom. The molecule has 0 amide bonds. The Hall–Kier alpha value is -0.0800. The van der Waals surface area contributed by atoms with Crippen LogP contribution < -0.4 is 5.32 Å². The lowest BCUT2D eigenvalue weighted by Gasteiger charge is -2.27. The minimum Gasteiger partial charge on any atom is -0.314 e. The first kappa shape index (κ1) is 15.0. The molecular formula is C15H32N2. The summed E-state index contributed by atoms with van der Waals surface area (Å²) in [6.45, 7) is 10.8. The summed E-state index contributed by atoms with van der Waals surface area (Å²) in [7, 11) is 0. The summed E-state index contributed by atoms with van der Waals surface area (Å²) < 4.78 is 0. The molecule has 0 aromatic rings. The Kier molecular flexibility index (Phi) is 7.87. The summed E-state index contributed by atoms with van der Waals surface area (Å²) in [6, 6.07) is 1.51. The molecule has 2 heteroatoms. The average Bonchev–Trinajstić information content (AvgIpc) is 2.52. The van der Waals surface area contributed by atoms with E-state index in [1.807, 2.05) is 0 Å². The maximum Gasteiger partial charge on any atom is 0.00669 e. The Labute approximate surface area is 108 Å². The summed E-state index contributed by atoms with van der Waals surface area (Å²) in [5.74, 6) is 0. The van der Waals surface area contributed by atoms with E-state index in [1.54, 1.807) is 0 Å². The second-order valence-electron chi connectivity index (χ2n) is 5.73. The molecule has 17 heavy (non-hydrogen) atoms. The predicted molar refractivity (Wildman–Crippen MR) is 76.5 cm³/mol. The molecule has 1 aliphatic rings. The molecule has 0 bridgehead atoms. The van der Waals surface area contributed by atoms with Gasteiger partial charge in [0.05, 0.1) is 0 Å². The summed E-state index contributed by atoms with van der Waals surface area (Å²) in [5, 5.41) is 3.58. The molecule has 1 rings (SSSR count). The first-order valence-corrected chi connectivity index (χ1v) is 7.71.